The van der Waals surface area contributed by atoms with Crippen LogP contribution in [0.25, 0.3) is 0 Å². The van der Waals surface area contributed by atoms with E-state index >= 15 is 0 Å². The molecule has 2 aromatic rings. The molecular formula is C17H17F3N4. The number of hydrogen-bond donors (Lipinski definition) is 1. The Morgan fingerprint density at radius 3 is 2.83 bits per heavy atom. The third-order valence-corrected chi connectivity index (χ3v) is 4.32. The smallest absolute Gasteiger partial charge is 0.338 e. The number of alkyl halides is 3. The highest BCUT2D eigenvalue weighted by atomic mass is 19.4. The Hall–Kier alpha value is -2.33. The summed E-state index contributed by atoms with van der Waals surface area (Å²) in [7, 11) is 0. The van der Waals surface area contributed by atoms with Gasteiger partial charge in [0.1, 0.15) is 11.5 Å². The normalized spacial score (nSPS) is 19.2. The van der Waals surface area contributed by atoms with E-state index in [1.807, 2.05) is 18.2 Å². The molecule has 0 spiro atoms. The van der Waals surface area contributed by atoms with Crippen molar-refractivity contribution in [1.29, 1.82) is 5.26 Å². The first-order valence-electron chi connectivity index (χ1n) is 7.80. The first-order chi connectivity index (χ1) is 11.5. The van der Waals surface area contributed by atoms with Gasteiger partial charge in [-0.3, -0.25) is 4.90 Å². The summed E-state index contributed by atoms with van der Waals surface area (Å²) in [4.78, 5) is 8.51. The van der Waals surface area contributed by atoms with E-state index in [4.69, 9.17) is 5.26 Å². The van der Waals surface area contributed by atoms with Gasteiger partial charge >= 0.3 is 6.18 Å². The van der Waals surface area contributed by atoms with Crippen molar-refractivity contribution in [3.63, 3.8) is 0 Å². The molecule has 1 aliphatic rings. The fraction of sp³-hybridized carbons (Fsp3) is 0.412. The maximum absolute atomic E-state index is 12.7. The number of nitrogens with one attached hydrogen (secondary N) is 1. The number of benzene rings is 1. The molecular weight excluding hydrogens is 317 g/mol. The summed E-state index contributed by atoms with van der Waals surface area (Å²) in [5.41, 5.74) is 0.775. The molecule has 1 saturated heterocycles. The molecule has 1 aromatic carbocycles. The average Bonchev–Trinajstić information content (AvgIpc) is 3.06. The summed E-state index contributed by atoms with van der Waals surface area (Å²) in [5, 5.41) is 9.17. The van der Waals surface area contributed by atoms with E-state index in [1.54, 1.807) is 6.07 Å². The van der Waals surface area contributed by atoms with Gasteiger partial charge in [0.15, 0.2) is 0 Å². The standard InChI is InChI=1S/C17H17F3N4/c18-17(19,20)15-9-22-16(23-15)14-6-3-7-24(11-14)10-13-5-2-1-4-12(13)8-21/h1-2,4-5,9,14H,3,6-7,10-11H2,(H,22,23). The van der Waals surface area contributed by atoms with E-state index < -0.39 is 11.9 Å². The molecule has 3 rings (SSSR count). The molecule has 2 heterocycles. The molecule has 1 fully saturated rings. The topological polar surface area (TPSA) is 55.7 Å². The quantitative estimate of drug-likeness (QED) is 0.931. The van der Waals surface area contributed by atoms with Gasteiger partial charge in [0.2, 0.25) is 0 Å². The number of halogens is 3. The molecule has 0 aliphatic carbocycles. The van der Waals surface area contributed by atoms with Crippen molar-refractivity contribution < 1.29 is 13.2 Å². The highest BCUT2D eigenvalue weighted by Gasteiger charge is 2.34. The van der Waals surface area contributed by atoms with Gasteiger partial charge in [0.25, 0.3) is 0 Å². The number of rotatable bonds is 3. The van der Waals surface area contributed by atoms with Gasteiger partial charge in [-0.05, 0) is 31.0 Å². The van der Waals surface area contributed by atoms with Gasteiger partial charge in [-0.15, -0.1) is 0 Å². The van der Waals surface area contributed by atoms with E-state index in [0.717, 1.165) is 31.1 Å². The number of hydrogen-bond acceptors (Lipinski definition) is 3. The number of nitriles is 1. The van der Waals surface area contributed by atoms with Crippen LogP contribution in [0.3, 0.4) is 0 Å². The van der Waals surface area contributed by atoms with Crippen LogP contribution >= 0.6 is 0 Å². The summed E-state index contributed by atoms with van der Waals surface area (Å²) in [6.45, 7) is 2.11. The Morgan fingerprint density at radius 1 is 1.33 bits per heavy atom. The van der Waals surface area contributed by atoms with Crippen molar-refractivity contribution in [2.24, 2.45) is 0 Å². The van der Waals surface area contributed by atoms with Gasteiger partial charge in [-0.25, -0.2) is 4.98 Å². The Labute approximate surface area is 137 Å². The second-order valence-electron chi connectivity index (χ2n) is 6.02. The third kappa shape index (κ3) is 3.60. The summed E-state index contributed by atoms with van der Waals surface area (Å²) in [5.74, 6) is 0.338. The molecule has 4 nitrogen and oxygen atoms in total. The van der Waals surface area contributed by atoms with Crippen LogP contribution in [0.15, 0.2) is 30.5 Å². The molecule has 126 valence electrons. The van der Waals surface area contributed by atoms with Crippen molar-refractivity contribution in [3.8, 4) is 6.07 Å². The Kier molecular flexibility index (Phi) is 4.58. The van der Waals surface area contributed by atoms with Crippen molar-refractivity contribution in [3.05, 3.63) is 53.1 Å². The molecule has 0 bridgehead atoms. The number of piperidine rings is 1. The van der Waals surface area contributed by atoms with Crippen LogP contribution in [0, 0.1) is 11.3 Å². The van der Waals surface area contributed by atoms with E-state index in [1.165, 1.54) is 0 Å². The molecule has 0 radical (unpaired) electrons. The lowest BCUT2D eigenvalue weighted by Crippen LogP contribution is -2.34. The monoisotopic (exact) mass is 334 g/mol. The van der Waals surface area contributed by atoms with Crippen LogP contribution in [0.1, 0.15) is 41.4 Å². The fourth-order valence-electron chi connectivity index (χ4n) is 3.12. The Morgan fingerprint density at radius 2 is 2.12 bits per heavy atom. The van der Waals surface area contributed by atoms with E-state index in [0.29, 0.717) is 24.5 Å². The number of likely N-dealkylation sites (tertiary alicyclic amines) is 1. The minimum Gasteiger partial charge on any atom is -0.338 e. The zero-order valence-corrected chi connectivity index (χ0v) is 13.0. The van der Waals surface area contributed by atoms with Crippen LogP contribution in [-0.2, 0) is 12.7 Å². The van der Waals surface area contributed by atoms with Gasteiger partial charge in [0, 0.05) is 19.0 Å². The molecule has 7 heteroatoms. The summed E-state index contributed by atoms with van der Waals surface area (Å²) >= 11 is 0. The molecule has 0 amide bonds. The number of aromatic amines is 1. The summed E-state index contributed by atoms with van der Waals surface area (Å²) in [6, 6.07) is 9.58. The maximum atomic E-state index is 12.7. The predicted octanol–water partition coefficient (Wildman–Crippen LogP) is 3.68. The van der Waals surface area contributed by atoms with Crippen LogP contribution in [0.4, 0.5) is 13.2 Å². The van der Waals surface area contributed by atoms with Gasteiger partial charge in [-0.2, -0.15) is 18.4 Å². The molecule has 1 N–H and O–H groups in total. The van der Waals surface area contributed by atoms with Crippen molar-refractivity contribution in [2.75, 3.05) is 13.1 Å². The summed E-state index contributed by atoms with van der Waals surface area (Å²) in [6.07, 6.45) is -1.84. The lowest BCUT2D eigenvalue weighted by Gasteiger charge is -2.32. The van der Waals surface area contributed by atoms with Crippen LogP contribution in [-0.4, -0.2) is 28.0 Å². The second-order valence-corrected chi connectivity index (χ2v) is 6.02. The fourth-order valence-corrected chi connectivity index (χ4v) is 3.12. The first kappa shape index (κ1) is 16.5. The highest BCUT2D eigenvalue weighted by molar-refractivity contribution is 5.37. The predicted molar refractivity (Wildman–Crippen MR) is 82.0 cm³/mol. The molecule has 1 unspecified atom stereocenters. The second kappa shape index (κ2) is 6.65. The van der Waals surface area contributed by atoms with E-state index in [9.17, 15) is 13.2 Å². The minimum atomic E-state index is -4.40. The largest absolute Gasteiger partial charge is 0.432 e. The van der Waals surface area contributed by atoms with Crippen LogP contribution < -0.4 is 0 Å². The van der Waals surface area contributed by atoms with Gasteiger partial charge < -0.3 is 4.98 Å². The Balaban J connectivity index is 1.71. The lowest BCUT2D eigenvalue weighted by atomic mass is 9.96. The minimum absolute atomic E-state index is 0.0518. The van der Waals surface area contributed by atoms with Gasteiger partial charge in [-0.1, -0.05) is 18.2 Å². The third-order valence-electron chi connectivity index (χ3n) is 4.32. The van der Waals surface area contributed by atoms with Crippen molar-refractivity contribution in [1.82, 2.24) is 14.9 Å². The van der Waals surface area contributed by atoms with Crippen LogP contribution in [0.2, 0.25) is 0 Å². The maximum Gasteiger partial charge on any atom is 0.432 e. The molecule has 0 saturated carbocycles. The van der Waals surface area contributed by atoms with Crippen molar-refractivity contribution in [2.45, 2.75) is 31.5 Å². The average molecular weight is 334 g/mol. The van der Waals surface area contributed by atoms with E-state index in [-0.39, 0.29) is 5.92 Å². The SMILES string of the molecule is N#Cc1ccccc1CN1CCCC(c2ncc(C(F)(F)F)[nH]2)C1. The number of nitrogens with zero attached hydrogens (tertiary/aromatic N) is 3. The Bertz CT molecular complexity index is 745. The molecule has 1 aromatic heterocycles. The highest BCUT2D eigenvalue weighted by Crippen LogP contribution is 2.31. The van der Waals surface area contributed by atoms with Crippen LogP contribution in [0.5, 0.6) is 0 Å². The van der Waals surface area contributed by atoms with Crippen molar-refractivity contribution >= 4 is 0 Å². The summed E-state index contributed by atoms with van der Waals surface area (Å²) < 4.78 is 38.1. The number of H-pyrrole nitrogens is 1. The van der Waals surface area contributed by atoms with Gasteiger partial charge in [0.05, 0.1) is 17.8 Å². The molecule has 1 aliphatic heterocycles. The number of aromatic nitrogens is 2. The lowest BCUT2D eigenvalue weighted by molar-refractivity contribution is -0.141. The first-order valence-corrected chi connectivity index (χ1v) is 7.80. The zero-order chi connectivity index (χ0) is 17.2. The van der Waals surface area contributed by atoms with E-state index in [2.05, 4.69) is 20.9 Å². The molecule has 24 heavy (non-hydrogen) atoms. The number of imidazole rings is 1. The zero-order valence-electron chi connectivity index (χ0n) is 13.0. The molecule has 1 atom stereocenters.